The molecule has 0 bridgehead atoms. The Hall–Kier alpha value is -1.42. The van der Waals surface area contributed by atoms with Gasteiger partial charge in [-0.05, 0) is 26.0 Å². The molecule has 4 heteroatoms. The molecule has 0 saturated carbocycles. The van der Waals surface area contributed by atoms with Gasteiger partial charge >= 0.3 is 0 Å². The van der Waals surface area contributed by atoms with E-state index in [1.165, 1.54) is 0 Å². The van der Waals surface area contributed by atoms with Crippen molar-refractivity contribution in [3.8, 4) is 0 Å². The van der Waals surface area contributed by atoms with E-state index < -0.39 is 0 Å². The molecular formula is C12H18N2O2. The van der Waals surface area contributed by atoms with Crippen LogP contribution in [0.15, 0.2) is 12.1 Å². The van der Waals surface area contributed by atoms with Crippen molar-refractivity contribution in [3.63, 3.8) is 0 Å². The minimum atomic E-state index is 0.0340. The molecule has 1 heterocycles. The predicted molar refractivity (Wildman–Crippen MR) is 64.1 cm³/mol. The van der Waals surface area contributed by atoms with Crippen molar-refractivity contribution < 1.29 is 9.53 Å². The number of anilines is 1. The normalized spacial score (nSPS) is 10.2. The first-order chi connectivity index (χ1) is 7.56. The van der Waals surface area contributed by atoms with Crippen LogP contribution >= 0.6 is 0 Å². The van der Waals surface area contributed by atoms with Gasteiger partial charge in [-0.2, -0.15) is 0 Å². The fourth-order valence-electron chi connectivity index (χ4n) is 1.44. The van der Waals surface area contributed by atoms with Crippen LogP contribution in [-0.4, -0.2) is 38.1 Å². The molecule has 0 unspecified atom stereocenters. The molecule has 1 aromatic rings. The predicted octanol–water partition coefficient (Wildman–Crippen LogP) is 1.68. The summed E-state index contributed by atoms with van der Waals surface area (Å²) >= 11 is 0. The Kier molecular flexibility index (Phi) is 4.43. The number of pyridine rings is 1. The van der Waals surface area contributed by atoms with Crippen LogP contribution in [0.5, 0.6) is 0 Å². The number of Topliss-reactive ketones (excluding diaryl/α,β-unsaturated/α-hetero) is 1. The highest BCUT2D eigenvalue weighted by atomic mass is 16.5. The molecule has 0 aliphatic heterocycles. The molecule has 0 aliphatic carbocycles. The van der Waals surface area contributed by atoms with Crippen molar-refractivity contribution in [2.45, 2.75) is 13.8 Å². The van der Waals surface area contributed by atoms with Crippen LogP contribution in [0.4, 0.5) is 5.82 Å². The molecule has 0 aromatic carbocycles. The van der Waals surface area contributed by atoms with Crippen LogP contribution in [0.2, 0.25) is 0 Å². The van der Waals surface area contributed by atoms with E-state index >= 15 is 0 Å². The molecule has 4 nitrogen and oxygen atoms in total. The molecule has 88 valence electrons. The van der Waals surface area contributed by atoms with Crippen molar-refractivity contribution in [2.24, 2.45) is 0 Å². The number of rotatable bonds is 5. The van der Waals surface area contributed by atoms with Gasteiger partial charge in [0.2, 0.25) is 0 Å². The average molecular weight is 222 g/mol. The monoisotopic (exact) mass is 222 g/mol. The quantitative estimate of drug-likeness (QED) is 0.711. The van der Waals surface area contributed by atoms with Gasteiger partial charge in [-0.15, -0.1) is 0 Å². The fourth-order valence-corrected chi connectivity index (χ4v) is 1.44. The number of aromatic nitrogens is 1. The number of hydrogen-bond donors (Lipinski definition) is 0. The zero-order valence-corrected chi connectivity index (χ0v) is 10.3. The summed E-state index contributed by atoms with van der Waals surface area (Å²) in [5.74, 6) is 0.760. The second-order valence-corrected chi connectivity index (χ2v) is 3.79. The minimum absolute atomic E-state index is 0.0340. The van der Waals surface area contributed by atoms with Gasteiger partial charge in [-0.1, -0.05) is 0 Å². The van der Waals surface area contributed by atoms with Gasteiger partial charge in [0.25, 0.3) is 0 Å². The van der Waals surface area contributed by atoms with Gasteiger partial charge < -0.3 is 9.64 Å². The van der Waals surface area contributed by atoms with E-state index in [0.29, 0.717) is 18.7 Å². The van der Waals surface area contributed by atoms with Crippen LogP contribution in [0.3, 0.4) is 0 Å². The SMILES string of the molecule is COCCN(C)c1nc(C)ccc1C(C)=O. The highest BCUT2D eigenvalue weighted by Crippen LogP contribution is 2.17. The first-order valence-electron chi connectivity index (χ1n) is 5.25. The molecule has 0 saturated heterocycles. The summed E-state index contributed by atoms with van der Waals surface area (Å²) in [6, 6.07) is 3.67. The van der Waals surface area contributed by atoms with Crippen molar-refractivity contribution >= 4 is 11.6 Å². The first kappa shape index (κ1) is 12.6. The van der Waals surface area contributed by atoms with Gasteiger partial charge in [0.05, 0.1) is 12.2 Å². The Morgan fingerprint density at radius 1 is 1.50 bits per heavy atom. The maximum atomic E-state index is 11.5. The largest absolute Gasteiger partial charge is 0.383 e. The van der Waals surface area contributed by atoms with Gasteiger partial charge in [-0.25, -0.2) is 4.98 Å². The van der Waals surface area contributed by atoms with E-state index in [-0.39, 0.29) is 5.78 Å². The zero-order valence-electron chi connectivity index (χ0n) is 10.3. The second kappa shape index (κ2) is 5.61. The molecular weight excluding hydrogens is 204 g/mol. The third-order valence-electron chi connectivity index (χ3n) is 2.39. The third-order valence-corrected chi connectivity index (χ3v) is 2.39. The maximum Gasteiger partial charge on any atom is 0.163 e. The maximum absolute atomic E-state index is 11.5. The first-order valence-corrected chi connectivity index (χ1v) is 5.25. The van der Waals surface area contributed by atoms with E-state index in [1.807, 2.05) is 31.0 Å². The lowest BCUT2D eigenvalue weighted by atomic mass is 10.1. The van der Waals surface area contributed by atoms with E-state index in [4.69, 9.17) is 4.74 Å². The summed E-state index contributed by atoms with van der Waals surface area (Å²) in [4.78, 5) is 17.8. The fraction of sp³-hybridized carbons (Fsp3) is 0.500. The zero-order chi connectivity index (χ0) is 12.1. The number of ketones is 1. The summed E-state index contributed by atoms with van der Waals surface area (Å²) in [7, 11) is 3.57. The van der Waals surface area contributed by atoms with Crippen molar-refractivity contribution in [2.75, 3.05) is 32.2 Å². The van der Waals surface area contributed by atoms with E-state index in [2.05, 4.69) is 4.98 Å². The summed E-state index contributed by atoms with van der Waals surface area (Å²) in [5.41, 5.74) is 1.56. The number of nitrogens with zero attached hydrogens (tertiary/aromatic N) is 2. The van der Waals surface area contributed by atoms with Crippen molar-refractivity contribution in [1.29, 1.82) is 0 Å². The van der Waals surface area contributed by atoms with Crippen LogP contribution in [0, 0.1) is 6.92 Å². The van der Waals surface area contributed by atoms with Crippen LogP contribution in [-0.2, 0) is 4.74 Å². The lowest BCUT2D eigenvalue weighted by molar-refractivity contribution is 0.101. The summed E-state index contributed by atoms with van der Waals surface area (Å²) in [5, 5.41) is 0. The summed E-state index contributed by atoms with van der Waals surface area (Å²) in [6.07, 6.45) is 0. The highest BCUT2D eigenvalue weighted by Gasteiger charge is 2.12. The minimum Gasteiger partial charge on any atom is -0.383 e. The van der Waals surface area contributed by atoms with E-state index in [1.54, 1.807) is 14.0 Å². The molecule has 0 radical (unpaired) electrons. The number of likely N-dealkylation sites (N-methyl/N-ethyl adjacent to an activating group) is 1. The Morgan fingerprint density at radius 2 is 2.19 bits per heavy atom. The lowest BCUT2D eigenvalue weighted by Gasteiger charge is -2.20. The molecule has 0 amide bonds. The smallest absolute Gasteiger partial charge is 0.163 e. The highest BCUT2D eigenvalue weighted by molar-refractivity contribution is 5.98. The third kappa shape index (κ3) is 3.03. The molecule has 0 N–H and O–H groups in total. The van der Waals surface area contributed by atoms with Crippen LogP contribution < -0.4 is 4.90 Å². The van der Waals surface area contributed by atoms with Crippen LogP contribution in [0.1, 0.15) is 23.0 Å². The van der Waals surface area contributed by atoms with Crippen LogP contribution in [0.25, 0.3) is 0 Å². The van der Waals surface area contributed by atoms with E-state index in [9.17, 15) is 4.79 Å². The summed E-state index contributed by atoms with van der Waals surface area (Å²) < 4.78 is 5.01. The number of aryl methyl sites for hydroxylation is 1. The molecule has 0 spiro atoms. The van der Waals surface area contributed by atoms with Gasteiger partial charge in [-0.3, -0.25) is 4.79 Å². The average Bonchev–Trinajstić information content (AvgIpc) is 2.25. The topological polar surface area (TPSA) is 42.4 Å². The molecule has 1 aromatic heterocycles. The number of hydrogen-bond acceptors (Lipinski definition) is 4. The molecule has 0 aliphatic rings. The Bertz CT molecular complexity index is 377. The Balaban J connectivity index is 2.99. The standard InChI is InChI=1S/C12H18N2O2/c1-9-5-6-11(10(2)15)12(13-9)14(3)7-8-16-4/h5-6H,7-8H2,1-4H3. The Labute approximate surface area is 96.2 Å². The van der Waals surface area contributed by atoms with Gasteiger partial charge in [0.15, 0.2) is 5.78 Å². The molecule has 16 heavy (non-hydrogen) atoms. The number of carbonyl (C=O) groups excluding carboxylic acids is 1. The lowest BCUT2D eigenvalue weighted by Crippen LogP contribution is -2.25. The number of methoxy groups -OCH3 is 1. The summed E-state index contributed by atoms with van der Waals surface area (Å²) in [6.45, 7) is 4.80. The van der Waals surface area contributed by atoms with E-state index in [0.717, 1.165) is 11.5 Å². The van der Waals surface area contributed by atoms with Gasteiger partial charge in [0.1, 0.15) is 5.82 Å². The molecule has 0 atom stereocenters. The molecule has 0 fully saturated rings. The second-order valence-electron chi connectivity index (χ2n) is 3.79. The van der Waals surface area contributed by atoms with Crippen molar-refractivity contribution in [1.82, 2.24) is 4.98 Å². The number of carbonyl (C=O) groups is 1. The Morgan fingerprint density at radius 3 is 2.75 bits per heavy atom. The number of ether oxygens (including phenoxy) is 1. The van der Waals surface area contributed by atoms with Crippen molar-refractivity contribution in [3.05, 3.63) is 23.4 Å². The molecule has 1 rings (SSSR count). The van der Waals surface area contributed by atoms with Gasteiger partial charge in [0, 0.05) is 26.4 Å².